The lowest BCUT2D eigenvalue weighted by Gasteiger charge is -2.09. The van der Waals surface area contributed by atoms with Gasteiger partial charge in [-0.3, -0.25) is 4.79 Å². The molecule has 0 saturated heterocycles. The molecule has 0 spiro atoms. The molecular formula is C25H26N4O5. The number of fused-ring (bicyclic) bond motifs is 1. The minimum atomic E-state index is -0.564. The number of methoxy groups -OCH3 is 1. The average molecular weight is 463 g/mol. The molecule has 9 nitrogen and oxygen atoms in total. The summed E-state index contributed by atoms with van der Waals surface area (Å²) in [6.45, 7) is 5.49. The van der Waals surface area contributed by atoms with Gasteiger partial charge in [0.25, 0.3) is 5.91 Å². The predicted molar refractivity (Wildman–Crippen MR) is 128 cm³/mol. The number of amides is 1. The topological polar surface area (TPSA) is 108 Å². The first-order chi connectivity index (χ1) is 16.5. The SMILES string of the molecule is CCOc1ccc(CNc2cnc3c(c2)c(NC(=O)c2ccoc2)c(C(=O)OC)n3CC)cc1. The number of aromatic nitrogens is 2. The first kappa shape index (κ1) is 22.9. The van der Waals surface area contributed by atoms with Gasteiger partial charge in [0.1, 0.15) is 17.7 Å². The molecule has 0 aliphatic heterocycles. The Hall–Kier alpha value is -4.27. The van der Waals surface area contributed by atoms with Crippen LogP contribution in [0.3, 0.4) is 0 Å². The smallest absolute Gasteiger partial charge is 0.356 e. The number of pyridine rings is 1. The molecule has 1 amide bonds. The molecule has 4 aromatic rings. The van der Waals surface area contributed by atoms with Crippen molar-refractivity contribution < 1.29 is 23.5 Å². The lowest BCUT2D eigenvalue weighted by molar-refractivity contribution is 0.0590. The molecule has 9 heteroatoms. The van der Waals surface area contributed by atoms with E-state index in [1.807, 2.05) is 44.2 Å². The summed E-state index contributed by atoms with van der Waals surface area (Å²) >= 11 is 0. The Labute approximate surface area is 196 Å². The highest BCUT2D eigenvalue weighted by Crippen LogP contribution is 2.33. The van der Waals surface area contributed by atoms with Crippen LogP contribution in [0, 0.1) is 0 Å². The molecule has 0 unspecified atom stereocenters. The molecule has 2 N–H and O–H groups in total. The van der Waals surface area contributed by atoms with Gasteiger partial charge in [-0.25, -0.2) is 9.78 Å². The van der Waals surface area contributed by atoms with Crippen LogP contribution in [0.4, 0.5) is 11.4 Å². The van der Waals surface area contributed by atoms with Gasteiger partial charge < -0.3 is 29.1 Å². The van der Waals surface area contributed by atoms with Crippen molar-refractivity contribution in [3.05, 3.63) is 71.9 Å². The molecule has 0 saturated carbocycles. The molecular weight excluding hydrogens is 436 g/mol. The van der Waals surface area contributed by atoms with E-state index in [1.54, 1.807) is 16.8 Å². The van der Waals surface area contributed by atoms with Crippen LogP contribution in [-0.4, -0.2) is 35.1 Å². The largest absolute Gasteiger partial charge is 0.494 e. The highest BCUT2D eigenvalue weighted by Gasteiger charge is 2.26. The number of furan rings is 1. The zero-order valence-electron chi connectivity index (χ0n) is 19.3. The zero-order valence-corrected chi connectivity index (χ0v) is 19.3. The van der Waals surface area contributed by atoms with Crippen LogP contribution in [-0.2, 0) is 17.8 Å². The van der Waals surface area contributed by atoms with Gasteiger partial charge in [-0.15, -0.1) is 0 Å². The molecule has 0 bridgehead atoms. The Balaban J connectivity index is 1.68. The summed E-state index contributed by atoms with van der Waals surface area (Å²) in [6, 6.07) is 11.2. The molecule has 0 aliphatic rings. The summed E-state index contributed by atoms with van der Waals surface area (Å²) < 4.78 is 17.2. The maximum absolute atomic E-state index is 12.8. The molecule has 3 heterocycles. The Morgan fingerprint density at radius 1 is 1.15 bits per heavy atom. The third-order valence-corrected chi connectivity index (χ3v) is 5.35. The minimum Gasteiger partial charge on any atom is -0.494 e. The molecule has 4 rings (SSSR count). The molecule has 0 radical (unpaired) electrons. The monoisotopic (exact) mass is 462 g/mol. The van der Waals surface area contributed by atoms with Crippen molar-refractivity contribution in [3.63, 3.8) is 0 Å². The van der Waals surface area contributed by atoms with Crippen molar-refractivity contribution in [1.82, 2.24) is 9.55 Å². The first-order valence-electron chi connectivity index (χ1n) is 10.9. The van der Waals surface area contributed by atoms with Gasteiger partial charge >= 0.3 is 5.97 Å². The number of aryl methyl sites for hydroxylation is 1. The summed E-state index contributed by atoms with van der Waals surface area (Å²) in [7, 11) is 1.30. The molecule has 0 fully saturated rings. The first-order valence-corrected chi connectivity index (χ1v) is 10.9. The number of rotatable bonds is 9. The summed E-state index contributed by atoms with van der Waals surface area (Å²) in [5, 5.41) is 6.81. The van der Waals surface area contributed by atoms with Gasteiger partial charge in [0.05, 0.1) is 43.1 Å². The lowest BCUT2D eigenvalue weighted by atomic mass is 10.2. The summed E-state index contributed by atoms with van der Waals surface area (Å²) in [5.41, 5.74) is 3.28. The normalized spacial score (nSPS) is 10.8. The Bertz CT molecular complexity index is 1290. The zero-order chi connectivity index (χ0) is 24.1. The van der Waals surface area contributed by atoms with E-state index in [0.717, 1.165) is 17.0 Å². The van der Waals surface area contributed by atoms with Crippen molar-refractivity contribution in [1.29, 1.82) is 0 Å². The fraction of sp³-hybridized carbons (Fsp3) is 0.240. The highest BCUT2D eigenvalue weighted by atomic mass is 16.5. The number of benzene rings is 1. The fourth-order valence-corrected chi connectivity index (χ4v) is 3.72. The van der Waals surface area contributed by atoms with Crippen molar-refractivity contribution >= 4 is 34.3 Å². The van der Waals surface area contributed by atoms with E-state index in [0.29, 0.717) is 42.0 Å². The van der Waals surface area contributed by atoms with Crippen LogP contribution in [0.1, 0.15) is 40.3 Å². The van der Waals surface area contributed by atoms with Crippen molar-refractivity contribution in [2.45, 2.75) is 26.9 Å². The molecule has 176 valence electrons. The van der Waals surface area contributed by atoms with Gasteiger partial charge in [0.15, 0.2) is 5.69 Å². The number of carbonyl (C=O) groups excluding carboxylic acids is 2. The average Bonchev–Trinajstić information content (AvgIpc) is 3.50. The Morgan fingerprint density at radius 3 is 2.59 bits per heavy atom. The van der Waals surface area contributed by atoms with E-state index >= 15 is 0 Å². The fourth-order valence-electron chi connectivity index (χ4n) is 3.72. The van der Waals surface area contributed by atoms with Crippen molar-refractivity contribution in [2.24, 2.45) is 0 Å². The second kappa shape index (κ2) is 10.1. The maximum Gasteiger partial charge on any atom is 0.356 e. The standard InChI is InChI=1S/C25H26N4O5/c1-4-29-22(25(31)32-3)21(28-24(30)17-10-11-33-15-17)20-12-18(14-27-23(20)29)26-13-16-6-8-19(9-7-16)34-5-2/h6-12,14-15,26H,4-5,13H2,1-3H3,(H,28,30). The third-order valence-electron chi connectivity index (χ3n) is 5.35. The van der Waals surface area contributed by atoms with E-state index in [4.69, 9.17) is 13.9 Å². The number of esters is 1. The van der Waals surface area contributed by atoms with Crippen LogP contribution in [0.5, 0.6) is 5.75 Å². The van der Waals surface area contributed by atoms with E-state index in [1.165, 1.54) is 19.6 Å². The predicted octanol–water partition coefficient (Wildman–Crippen LogP) is 4.70. The van der Waals surface area contributed by atoms with Crippen LogP contribution in [0.25, 0.3) is 11.0 Å². The van der Waals surface area contributed by atoms with Crippen molar-refractivity contribution in [3.8, 4) is 5.75 Å². The van der Waals surface area contributed by atoms with E-state index in [9.17, 15) is 9.59 Å². The molecule has 0 aliphatic carbocycles. The van der Waals surface area contributed by atoms with E-state index in [2.05, 4.69) is 15.6 Å². The molecule has 0 atom stereocenters. The second-order valence-corrected chi connectivity index (χ2v) is 7.45. The van der Waals surface area contributed by atoms with E-state index < -0.39 is 11.9 Å². The number of nitrogens with one attached hydrogen (secondary N) is 2. The van der Waals surface area contributed by atoms with Gasteiger partial charge in [-0.1, -0.05) is 12.1 Å². The van der Waals surface area contributed by atoms with Crippen LogP contribution in [0.15, 0.2) is 59.5 Å². The van der Waals surface area contributed by atoms with Gasteiger partial charge in [-0.2, -0.15) is 0 Å². The van der Waals surface area contributed by atoms with Gasteiger partial charge in [0.2, 0.25) is 0 Å². The number of nitrogens with zero attached hydrogens (tertiary/aromatic N) is 2. The number of anilines is 2. The lowest BCUT2D eigenvalue weighted by Crippen LogP contribution is -2.16. The molecule has 3 aromatic heterocycles. The quantitative estimate of drug-likeness (QED) is 0.347. The third kappa shape index (κ3) is 4.59. The second-order valence-electron chi connectivity index (χ2n) is 7.45. The van der Waals surface area contributed by atoms with Crippen LogP contribution < -0.4 is 15.4 Å². The van der Waals surface area contributed by atoms with Crippen LogP contribution >= 0.6 is 0 Å². The number of hydrogen-bond acceptors (Lipinski definition) is 7. The summed E-state index contributed by atoms with van der Waals surface area (Å²) in [5.74, 6) is -0.142. The minimum absolute atomic E-state index is 0.230. The van der Waals surface area contributed by atoms with Crippen molar-refractivity contribution in [2.75, 3.05) is 24.4 Å². The maximum atomic E-state index is 12.8. The van der Waals surface area contributed by atoms with Gasteiger partial charge in [-0.05, 0) is 43.7 Å². The number of carbonyl (C=O) groups is 2. The number of ether oxygens (including phenoxy) is 2. The van der Waals surface area contributed by atoms with Crippen LogP contribution in [0.2, 0.25) is 0 Å². The summed E-state index contributed by atoms with van der Waals surface area (Å²) in [6.07, 6.45) is 4.45. The van der Waals surface area contributed by atoms with E-state index in [-0.39, 0.29) is 5.69 Å². The van der Waals surface area contributed by atoms with Gasteiger partial charge in [0, 0.05) is 18.5 Å². The summed E-state index contributed by atoms with van der Waals surface area (Å²) in [4.78, 5) is 30.0. The Kier molecular flexibility index (Phi) is 6.82. The highest BCUT2D eigenvalue weighted by molar-refractivity contribution is 6.14. The number of hydrogen-bond donors (Lipinski definition) is 2. The molecule has 34 heavy (non-hydrogen) atoms. The molecule has 1 aromatic carbocycles. The Morgan fingerprint density at radius 2 is 1.94 bits per heavy atom.